The third-order valence-corrected chi connectivity index (χ3v) is 8.56. The molecule has 3 N–H and O–H groups in total. The van der Waals surface area contributed by atoms with E-state index in [1.165, 1.54) is 17.4 Å². The number of carboxylic acids is 1. The number of carbonyl (C=O) groups is 3. The summed E-state index contributed by atoms with van der Waals surface area (Å²) >= 11 is 11.7. The first-order valence-electron chi connectivity index (χ1n) is 10.8. The number of nitrogens with one attached hydrogen (secondary N) is 2. The number of aromatic nitrogens is 1. The quantitative estimate of drug-likeness (QED) is 0.342. The molecule has 3 heterocycles. The Bertz CT molecular complexity index is 1310. The first-order valence-corrected chi connectivity index (χ1v) is 13.6. The lowest BCUT2D eigenvalue weighted by molar-refractivity contribution is 0.0695. The smallest absolute Gasteiger partial charge is 0.336 e. The predicted octanol–water partition coefficient (Wildman–Crippen LogP) is 5.27. The van der Waals surface area contributed by atoms with Gasteiger partial charge in [-0.05, 0) is 59.6 Å². The average molecular weight is 598 g/mol. The highest BCUT2D eigenvalue weighted by molar-refractivity contribution is 9.10. The molecule has 0 fully saturated rings. The van der Waals surface area contributed by atoms with Crippen molar-refractivity contribution in [2.24, 2.45) is 0 Å². The van der Waals surface area contributed by atoms with Crippen LogP contribution in [0.2, 0.25) is 4.34 Å². The van der Waals surface area contributed by atoms with Crippen molar-refractivity contribution in [2.45, 2.75) is 39.4 Å². The summed E-state index contributed by atoms with van der Waals surface area (Å²) in [4.78, 5) is 45.6. The minimum atomic E-state index is -1.14. The van der Waals surface area contributed by atoms with Crippen molar-refractivity contribution in [1.82, 2.24) is 15.2 Å². The van der Waals surface area contributed by atoms with Crippen molar-refractivity contribution in [3.63, 3.8) is 0 Å². The lowest BCUT2D eigenvalue weighted by Crippen LogP contribution is -2.35. The Morgan fingerprint density at radius 3 is 2.66 bits per heavy atom. The van der Waals surface area contributed by atoms with E-state index < -0.39 is 11.9 Å². The van der Waals surface area contributed by atoms with Crippen LogP contribution in [0.15, 0.2) is 28.7 Å². The number of thiophene rings is 1. The van der Waals surface area contributed by atoms with Gasteiger partial charge < -0.3 is 15.7 Å². The number of thiazole rings is 1. The van der Waals surface area contributed by atoms with Crippen LogP contribution in [0.4, 0.5) is 5.69 Å². The molecule has 1 aliphatic rings. The predicted molar refractivity (Wildman–Crippen MR) is 141 cm³/mol. The summed E-state index contributed by atoms with van der Waals surface area (Å²) in [5.41, 5.74) is 1.75. The molecule has 0 radical (unpaired) electrons. The van der Waals surface area contributed by atoms with E-state index in [4.69, 9.17) is 11.6 Å². The summed E-state index contributed by atoms with van der Waals surface area (Å²) < 4.78 is 0.837. The molecule has 1 aromatic carbocycles. The van der Waals surface area contributed by atoms with Crippen molar-refractivity contribution in [3.8, 4) is 0 Å². The number of hydrogen-bond acceptors (Lipinski definition) is 7. The van der Waals surface area contributed by atoms with E-state index in [2.05, 4.69) is 50.3 Å². The molecule has 12 heteroatoms. The minimum absolute atomic E-state index is 0.00794. The molecule has 35 heavy (non-hydrogen) atoms. The summed E-state index contributed by atoms with van der Waals surface area (Å²) in [5, 5.41) is 15.5. The molecule has 0 unspecified atom stereocenters. The molecule has 2 amide bonds. The number of aromatic carboxylic acids is 1. The molecule has 0 spiro atoms. The van der Waals surface area contributed by atoms with Crippen LogP contribution in [0.25, 0.3) is 0 Å². The van der Waals surface area contributed by atoms with Gasteiger partial charge in [0.1, 0.15) is 0 Å². The van der Waals surface area contributed by atoms with E-state index in [0.29, 0.717) is 30.3 Å². The Hall–Kier alpha value is -2.31. The van der Waals surface area contributed by atoms with Gasteiger partial charge in [-0.3, -0.25) is 14.5 Å². The standard InChI is InChI=1S/C23H22BrClN4O4S2/c1-11(2)29-6-5-15-18(10-29)35-22(28-15)21(31)27-16-8-13(23(32)33)14(24)7-12(16)9-26-20(30)17-3-4-19(25)34-17/h3-4,7-8,11H,5-6,9-10H2,1-2H3,(H,26,30)(H,27,31)(H,32,33). The van der Waals surface area contributed by atoms with E-state index in [-0.39, 0.29) is 23.7 Å². The maximum absolute atomic E-state index is 13.1. The third-order valence-electron chi connectivity index (χ3n) is 5.59. The van der Waals surface area contributed by atoms with E-state index in [9.17, 15) is 19.5 Å². The second-order valence-corrected chi connectivity index (χ2v) is 11.9. The second kappa shape index (κ2) is 10.8. The topological polar surface area (TPSA) is 112 Å². The molecule has 0 aliphatic carbocycles. The van der Waals surface area contributed by atoms with Gasteiger partial charge >= 0.3 is 5.97 Å². The fraction of sp³-hybridized carbons (Fsp3) is 0.304. The van der Waals surface area contributed by atoms with E-state index in [1.807, 2.05) is 0 Å². The van der Waals surface area contributed by atoms with Crippen molar-refractivity contribution < 1.29 is 19.5 Å². The molecule has 0 bridgehead atoms. The van der Waals surface area contributed by atoms with Gasteiger partial charge in [0.25, 0.3) is 11.8 Å². The summed E-state index contributed by atoms with van der Waals surface area (Å²) in [6, 6.07) is 6.62. The van der Waals surface area contributed by atoms with E-state index >= 15 is 0 Å². The Morgan fingerprint density at radius 2 is 2.00 bits per heavy atom. The van der Waals surface area contributed by atoms with Crippen molar-refractivity contribution in [2.75, 3.05) is 11.9 Å². The number of halogens is 2. The molecule has 4 rings (SSSR count). The number of nitrogens with zero attached hydrogens (tertiary/aromatic N) is 2. The molecular weight excluding hydrogens is 576 g/mol. The number of anilines is 1. The third kappa shape index (κ3) is 5.92. The first-order chi connectivity index (χ1) is 16.6. The first kappa shape index (κ1) is 25.8. The van der Waals surface area contributed by atoms with E-state index in [1.54, 1.807) is 18.2 Å². The largest absolute Gasteiger partial charge is 0.478 e. The summed E-state index contributed by atoms with van der Waals surface area (Å²) in [7, 11) is 0. The Kier molecular flexibility index (Phi) is 7.92. The van der Waals surface area contributed by atoms with Crippen LogP contribution < -0.4 is 10.6 Å². The zero-order chi connectivity index (χ0) is 25.3. The molecule has 0 saturated heterocycles. The highest BCUT2D eigenvalue weighted by atomic mass is 79.9. The Balaban J connectivity index is 1.56. The average Bonchev–Trinajstić information content (AvgIpc) is 3.44. The number of rotatable bonds is 7. The SMILES string of the molecule is CC(C)N1CCc2nc(C(=O)Nc3cc(C(=O)O)c(Br)cc3CNC(=O)c3ccc(Cl)s3)sc2C1. The van der Waals surface area contributed by atoms with Gasteiger partial charge in [-0.2, -0.15) is 0 Å². The van der Waals surface area contributed by atoms with Crippen molar-refractivity contribution in [1.29, 1.82) is 0 Å². The molecule has 0 atom stereocenters. The zero-order valence-corrected chi connectivity index (χ0v) is 22.8. The normalized spacial score (nSPS) is 13.5. The highest BCUT2D eigenvalue weighted by Crippen LogP contribution is 2.30. The van der Waals surface area contributed by atoms with Crippen LogP contribution >= 0.6 is 50.2 Å². The molecule has 1 aliphatic heterocycles. The van der Waals surface area contributed by atoms with Gasteiger partial charge in [0.05, 0.1) is 20.5 Å². The van der Waals surface area contributed by atoms with Crippen LogP contribution in [0.5, 0.6) is 0 Å². The molecule has 0 saturated carbocycles. The molecule has 2 aromatic heterocycles. The van der Waals surface area contributed by atoms with Crippen LogP contribution in [0.3, 0.4) is 0 Å². The number of hydrogen-bond donors (Lipinski definition) is 3. The maximum atomic E-state index is 13.1. The molecule has 8 nitrogen and oxygen atoms in total. The lowest BCUT2D eigenvalue weighted by atomic mass is 10.1. The number of fused-ring (bicyclic) bond motifs is 1. The summed E-state index contributed by atoms with van der Waals surface area (Å²) in [5.74, 6) is -1.88. The Labute approximate surface area is 223 Å². The lowest BCUT2D eigenvalue weighted by Gasteiger charge is -2.29. The Morgan fingerprint density at radius 1 is 1.23 bits per heavy atom. The van der Waals surface area contributed by atoms with Crippen LogP contribution in [0, 0.1) is 0 Å². The van der Waals surface area contributed by atoms with Gasteiger partial charge in [0.2, 0.25) is 0 Å². The molecular formula is C23H22BrClN4O4S2. The number of carbonyl (C=O) groups excluding carboxylic acids is 2. The van der Waals surface area contributed by atoms with Crippen LogP contribution in [-0.4, -0.2) is 45.4 Å². The zero-order valence-electron chi connectivity index (χ0n) is 18.9. The second-order valence-electron chi connectivity index (χ2n) is 8.24. The number of carboxylic acid groups (broad SMARTS) is 1. The monoisotopic (exact) mass is 596 g/mol. The molecule has 184 valence electrons. The van der Waals surface area contributed by atoms with Crippen molar-refractivity contribution in [3.05, 3.63) is 64.7 Å². The van der Waals surface area contributed by atoms with Crippen LogP contribution in [0.1, 0.15) is 59.8 Å². The van der Waals surface area contributed by atoms with Gasteiger partial charge in [0, 0.05) is 47.1 Å². The van der Waals surface area contributed by atoms with Gasteiger partial charge in [0.15, 0.2) is 5.01 Å². The van der Waals surface area contributed by atoms with E-state index in [0.717, 1.165) is 41.4 Å². The summed E-state index contributed by atoms with van der Waals surface area (Å²) in [6.07, 6.45) is 0.781. The van der Waals surface area contributed by atoms with Crippen LogP contribution in [-0.2, 0) is 19.5 Å². The fourth-order valence-corrected chi connectivity index (χ4v) is 6.22. The fourth-order valence-electron chi connectivity index (χ4n) is 3.67. The number of amides is 2. The highest BCUT2D eigenvalue weighted by Gasteiger charge is 2.25. The van der Waals surface area contributed by atoms with Crippen molar-refractivity contribution >= 4 is 73.7 Å². The van der Waals surface area contributed by atoms with Gasteiger partial charge in [-0.25, -0.2) is 9.78 Å². The van der Waals surface area contributed by atoms with Gasteiger partial charge in [-0.1, -0.05) is 11.6 Å². The maximum Gasteiger partial charge on any atom is 0.336 e. The molecule has 3 aromatic rings. The minimum Gasteiger partial charge on any atom is -0.478 e. The summed E-state index contributed by atoms with van der Waals surface area (Å²) in [6.45, 7) is 5.99. The van der Waals surface area contributed by atoms with Gasteiger partial charge in [-0.15, -0.1) is 22.7 Å². The number of benzene rings is 1.